The number of aliphatic hydroxyl groups is 3. The SMILES string of the molecule is O=C(O)CCCS.O=C(O)CCCS.O=C(O)CCCS.OCC(O)CO. The second-order valence-electron chi connectivity index (χ2n) is 4.68. The molecule has 0 saturated heterocycles. The van der Waals surface area contributed by atoms with Crippen molar-refractivity contribution in [2.45, 2.75) is 44.6 Å². The number of hydrogen-bond acceptors (Lipinski definition) is 9. The number of aliphatic hydroxyl groups excluding tert-OH is 3. The van der Waals surface area contributed by atoms with Crippen molar-refractivity contribution in [2.24, 2.45) is 0 Å². The van der Waals surface area contributed by atoms with Crippen LogP contribution in [0.4, 0.5) is 0 Å². The van der Waals surface area contributed by atoms with E-state index >= 15 is 0 Å². The molecule has 0 spiro atoms. The second-order valence-corrected chi connectivity index (χ2v) is 6.02. The van der Waals surface area contributed by atoms with E-state index in [0.29, 0.717) is 36.5 Å². The average Bonchev–Trinajstić information content (AvgIpc) is 2.63. The fourth-order valence-corrected chi connectivity index (χ4v) is 1.22. The van der Waals surface area contributed by atoms with E-state index in [2.05, 4.69) is 37.9 Å². The molecule has 9 nitrogen and oxygen atoms in total. The number of aliphatic carboxylic acids is 3. The van der Waals surface area contributed by atoms with Crippen LogP contribution in [-0.4, -0.2) is 85.1 Å². The van der Waals surface area contributed by atoms with Gasteiger partial charge in [0.05, 0.1) is 13.2 Å². The summed E-state index contributed by atoms with van der Waals surface area (Å²) in [5.74, 6) is -0.248. The summed E-state index contributed by atoms with van der Waals surface area (Å²) in [6, 6.07) is 0. The van der Waals surface area contributed by atoms with Crippen LogP contribution in [-0.2, 0) is 14.4 Å². The van der Waals surface area contributed by atoms with Crippen LogP contribution < -0.4 is 0 Å². The van der Waals surface area contributed by atoms with Crippen LogP contribution in [0, 0.1) is 0 Å². The predicted molar refractivity (Wildman–Crippen MR) is 112 cm³/mol. The van der Waals surface area contributed by atoms with Gasteiger partial charge in [0.2, 0.25) is 0 Å². The monoisotopic (exact) mass is 452 g/mol. The maximum Gasteiger partial charge on any atom is 0.303 e. The Kier molecular flexibility index (Phi) is 37.8. The number of carboxylic acids is 3. The van der Waals surface area contributed by atoms with Crippen molar-refractivity contribution >= 4 is 55.8 Å². The predicted octanol–water partition coefficient (Wildman–Crippen LogP) is 0.675. The van der Waals surface area contributed by atoms with Crippen LogP contribution in [0.25, 0.3) is 0 Å². The minimum atomic E-state index is -0.954. The molecule has 0 heterocycles. The van der Waals surface area contributed by atoms with Crippen molar-refractivity contribution in [3.8, 4) is 0 Å². The van der Waals surface area contributed by atoms with Gasteiger partial charge in [0.15, 0.2) is 0 Å². The fraction of sp³-hybridized carbons (Fsp3) is 0.800. The topological polar surface area (TPSA) is 173 Å². The van der Waals surface area contributed by atoms with Crippen molar-refractivity contribution in [1.29, 1.82) is 0 Å². The van der Waals surface area contributed by atoms with E-state index in [0.717, 1.165) is 0 Å². The molecule has 12 heteroatoms. The van der Waals surface area contributed by atoms with Gasteiger partial charge >= 0.3 is 17.9 Å². The zero-order chi connectivity index (χ0) is 22.1. The highest BCUT2D eigenvalue weighted by Gasteiger charge is 1.94. The lowest BCUT2D eigenvalue weighted by Crippen LogP contribution is -2.15. The fourth-order valence-electron chi connectivity index (χ4n) is 0.749. The lowest BCUT2D eigenvalue weighted by Gasteiger charge is -1.96. The third kappa shape index (κ3) is 58.7. The van der Waals surface area contributed by atoms with E-state index in [9.17, 15) is 14.4 Å². The maximum absolute atomic E-state index is 9.72. The van der Waals surface area contributed by atoms with Crippen LogP contribution in [0.15, 0.2) is 0 Å². The zero-order valence-electron chi connectivity index (χ0n) is 15.1. The zero-order valence-corrected chi connectivity index (χ0v) is 17.8. The molecule has 0 aromatic heterocycles. The summed E-state index contributed by atoms with van der Waals surface area (Å²) in [7, 11) is 0. The highest BCUT2D eigenvalue weighted by Crippen LogP contribution is 1.90. The lowest BCUT2D eigenvalue weighted by atomic mass is 10.3. The van der Waals surface area contributed by atoms with Gasteiger partial charge in [-0.1, -0.05) is 0 Å². The highest BCUT2D eigenvalue weighted by atomic mass is 32.1. The minimum Gasteiger partial charge on any atom is -0.481 e. The van der Waals surface area contributed by atoms with E-state index in [1.165, 1.54) is 0 Å². The molecule has 0 aliphatic carbocycles. The first-order chi connectivity index (χ1) is 12.6. The van der Waals surface area contributed by atoms with Crippen molar-refractivity contribution in [1.82, 2.24) is 0 Å². The van der Waals surface area contributed by atoms with Gasteiger partial charge in [-0.25, -0.2) is 0 Å². The quantitative estimate of drug-likeness (QED) is 0.204. The Morgan fingerprint density at radius 1 is 0.630 bits per heavy atom. The number of hydrogen-bond donors (Lipinski definition) is 9. The van der Waals surface area contributed by atoms with Crippen LogP contribution >= 0.6 is 37.9 Å². The Bertz CT molecular complexity index is 298. The molecule has 0 amide bonds. The standard InChI is InChI=1S/3C4H8O2S.C3H8O3/c3*5-4(6)2-1-3-7;4-1-3(6)2-5/h3*7H,1-3H2,(H,5,6);3-6H,1-2H2. The van der Waals surface area contributed by atoms with Gasteiger partial charge in [-0.05, 0) is 36.5 Å². The second kappa shape index (κ2) is 30.1. The van der Waals surface area contributed by atoms with Crippen LogP contribution in [0.5, 0.6) is 0 Å². The van der Waals surface area contributed by atoms with E-state index in [1.807, 2.05) is 0 Å². The van der Waals surface area contributed by atoms with Crippen LogP contribution in [0.2, 0.25) is 0 Å². The molecule has 0 fully saturated rings. The molecular weight excluding hydrogens is 420 g/mol. The third-order valence-corrected chi connectivity index (χ3v) is 3.02. The summed E-state index contributed by atoms with van der Waals surface area (Å²) in [4.78, 5) is 29.2. The Morgan fingerprint density at radius 3 is 0.889 bits per heavy atom. The summed E-state index contributed by atoms with van der Waals surface area (Å²) >= 11 is 11.5. The number of carbonyl (C=O) groups is 3. The molecule has 0 aromatic carbocycles. The molecule has 0 aliphatic rings. The van der Waals surface area contributed by atoms with Gasteiger partial charge in [0, 0.05) is 19.3 Å². The van der Waals surface area contributed by atoms with E-state index in [4.69, 9.17) is 30.6 Å². The Hall–Kier alpha value is -0.660. The highest BCUT2D eigenvalue weighted by molar-refractivity contribution is 7.80. The maximum atomic E-state index is 9.72. The lowest BCUT2D eigenvalue weighted by molar-refractivity contribution is -0.138. The number of rotatable bonds is 11. The molecule has 0 aromatic rings. The smallest absolute Gasteiger partial charge is 0.303 e. The summed E-state index contributed by atoms with van der Waals surface area (Å²) in [6.07, 6.45) is 1.76. The largest absolute Gasteiger partial charge is 0.481 e. The van der Waals surface area contributed by atoms with Gasteiger partial charge in [0.1, 0.15) is 6.10 Å². The van der Waals surface area contributed by atoms with Crippen molar-refractivity contribution in [3.63, 3.8) is 0 Å². The van der Waals surface area contributed by atoms with Crippen LogP contribution in [0.1, 0.15) is 38.5 Å². The van der Waals surface area contributed by atoms with Crippen molar-refractivity contribution < 1.29 is 45.0 Å². The van der Waals surface area contributed by atoms with Crippen LogP contribution in [0.3, 0.4) is 0 Å². The first-order valence-electron chi connectivity index (χ1n) is 8.00. The van der Waals surface area contributed by atoms with Gasteiger partial charge < -0.3 is 30.6 Å². The Morgan fingerprint density at radius 2 is 0.852 bits per heavy atom. The molecule has 6 N–H and O–H groups in total. The molecule has 0 unspecified atom stereocenters. The molecule has 164 valence electrons. The molecule has 0 rings (SSSR count). The first-order valence-corrected chi connectivity index (χ1v) is 9.90. The molecule has 0 aliphatic heterocycles. The molecule has 0 radical (unpaired) electrons. The number of carboxylic acid groups (broad SMARTS) is 3. The van der Waals surface area contributed by atoms with E-state index in [1.54, 1.807) is 0 Å². The first kappa shape index (κ1) is 33.9. The minimum absolute atomic E-state index is 0.240. The summed E-state index contributed by atoms with van der Waals surface area (Å²) in [5.41, 5.74) is 0. The molecule has 27 heavy (non-hydrogen) atoms. The summed E-state index contributed by atoms with van der Waals surface area (Å²) in [5, 5.41) is 48.0. The van der Waals surface area contributed by atoms with E-state index in [-0.39, 0.29) is 32.5 Å². The normalized spacial score (nSPS) is 9.00. The van der Waals surface area contributed by atoms with Gasteiger partial charge in [-0.2, -0.15) is 37.9 Å². The molecular formula is C15H32O9S3. The Labute approximate surface area is 176 Å². The van der Waals surface area contributed by atoms with Gasteiger partial charge in [-0.3, -0.25) is 14.4 Å². The van der Waals surface area contributed by atoms with Gasteiger partial charge in [0.25, 0.3) is 0 Å². The van der Waals surface area contributed by atoms with Crippen molar-refractivity contribution in [2.75, 3.05) is 30.5 Å². The van der Waals surface area contributed by atoms with Crippen molar-refractivity contribution in [3.05, 3.63) is 0 Å². The van der Waals surface area contributed by atoms with E-state index < -0.39 is 24.0 Å². The molecule has 0 saturated carbocycles. The Balaban J connectivity index is -0.000000131. The number of thiol groups is 3. The summed E-state index contributed by atoms with van der Waals surface area (Å²) < 4.78 is 0. The third-order valence-electron chi connectivity index (χ3n) is 2.07. The summed E-state index contributed by atoms with van der Waals surface area (Å²) in [6.45, 7) is -0.729. The molecule has 0 atom stereocenters. The average molecular weight is 453 g/mol. The molecule has 0 bridgehead atoms. The van der Waals surface area contributed by atoms with Gasteiger partial charge in [-0.15, -0.1) is 0 Å².